The Morgan fingerprint density at radius 3 is 2.80 bits per heavy atom. The Kier molecular flexibility index (Phi) is 4.39. The molecule has 0 saturated heterocycles. The molecule has 20 heavy (non-hydrogen) atoms. The van der Waals surface area contributed by atoms with E-state index in [4.69, 9.17) is 5.11 Å². The summed E-state index contributed by atoms with van der Waals surface area (Å²) >= 11 is 0. The number of aliphatic hydroxyl groups excluding tert-OH is 1. The highest BCUT2D eigenvalue weighted by molar-refractivity contribution is 5.89. The number of hydrogen-bond acceptors (Lipinski definition) is 3. The molecular weight excluding hydrogens is 270 g/mol. The fourth-order valence-corrected chi connectivity index (χ4v) is 1.76. The molecule has 0 atom stereocenters. The third-order valence-corrected chi connectivity index (χ3v) is 3.23. The first-order valence-electron chi connectivity index (χ1n) is 6.24. The van der Waals surface area contributed by atoms with Crippen LogP contribution in [-0.2, 0) is 0 Å². The van der Waals surface area contributed by atoms with E-state index in [1.54, 1.807) is 6.07 Å². The second kappa shape index (κ2) is 6.04. The van der Waals surface area contributed by atoms with Crippen LogP contribution in [0.4, 0.5) is 19.3 Å². The van der Waals surface area contributed by atoms with Crippen molar-refractivity contribution in [1.82, 2.24) is 5.32 Å². The van der Waals surface area contributed by atoms with Crippen molar-refractivity contribution in [3.63, 3.8) is 0 Å². The normalized spacial score (nSPS) is 15.8. The molecule has 2 amide bonds. The minimum absolute atomic E-state index is 0.0215. The average Bonchev–Trinajstić information content (AvgIpc) is 3.17. The second-order valence-corrected chi connectivity index (χ2v) is 4.87. The van der Waals surface area contributed by atoms with Crippen LogP contribution in [0.3, 0.4) is 0 Å². The summed E-state index contributed by atoms with van der Waals surface area (Å²) in [5.74, 6) is -0.0215. The Balaban J connectivity index is 1.84. The number of benzene rings is 1. The largest absolute Gasteiger partial charge is 0.435 e. The van der Waals surface area contributed by atoms with Crippen LogP contribution in [0.2, 0.25) is 0 Å². The molecule has 1 aromatic rings. The van der Waals surface area contributed by atoms with Crippen LogP contribution in [0, 0.1) is 5.41 Å². The van der Waals surface area contributed by atoms with Gasteiger partial charge in [0.05, 0.1) is 6.61 Å². The summed E-state index contributed by atoms with van der Waals surface area (Å²) in [6.07, 6.45) is 1.78. The molecule has 0 spiro atoms. The Morgan fingerprint density at radius 1 is 1.45 bits per heavy atom. The maximum absolute atomic E-state index is 12.1. The number of alkyl halides is 2. The van der Waals surface area contributed by atoms with Crippen molar-refractivity contribution in [3.05, 3.63) is 24.3 Å². The molecule has 1 saturated carbocycles. The summed E-state index contributed by atoms with van der Waals surface area (Å²) in [5.41, 5.74) is 0.173. The van der Waals surface area contributed by atoms with Crippen LogP contribution < -0.4 is 15.4 Å². The third kappa shape index (κ3) is 4.06. The average molecular weight is 286 g/mol. The van der Waals surface area contributed by atoms with Crippen molar-refractivity contribution in [3.8, 4) is 5.75 Å². The minimum Gasteiger partial charge on any atom is -0.435 e. The van der Waals surface area contributed by atoms with Gasteiger partial charge in [0.15, 0.2) is 0 Å². The molecule has 7 heteroatoms. The Morgan fingerprint density at radius 2 is 2.20 bits per heavy atom. The van der Waals surface area contributed by atoms with Crippen molar-refractivity contribution in [2.45, 2.75) is 19.5 Å². The number of aliphatic hydroxyl groups is 1. The Labute approximate surface area is 114 Å². The molecule has 110 valence electrons. The number of nitrogens with one attached hydrogen (secondary N) is 2. The number of rotatable bonds is 6. The monoisotopic (exact) mass is 286 g/mol. The highest BCUT2D eigenvalue weighted by atomic mass is 19.3. The summed E-state index contributed by atoms with van der Waals surface area (Å²) in [5, 5.41) is 14.3. The summed E-state index contributed by atoms with van der Waals surface area (Å²) in [6, 6.07) is 5.31. The van der Waals surface area contributed by atoms with Gasteiger partial charge < -0.3 is 20.5 Å². The van der Waals surface area contributed by atoms with Gasteiger partial charge in [0, 0.05) is 23.7 Å². The van der Waals surface area contributed by atoms with Gasteiger partial charge in [0.1, 0.15) is 5.75 Å². The number of ether oxygens (including phenoxy) is 1. The van der Waals surface area contributed by atoms with Crippen molar-refractivity contribution >= 4 is 11.7 Å². The maximum Gasteiger partial charge on any atom is 0.387 e. The fraction of sp³-hybridized carbons (Fsp3) is 0.462. The molecule has 0 unspecified atom stereocenters. The summed E-state index contributed by atoms with van der Waals surface area (Å²) in [4.78, 5) is 11.6. The number of anilines is 1. The van der Waals surface area contributed by atoms with E-state index in [-0.39, 0.29) is 17.8 Å². The van der Waals surface area contributed by atoms with Gasteiger partial charge in [-0.15, -0.1) is 0 Å². The van der Waals surface area contributed by atoms with Crippen LogP contribution >= 0.6 is 0 Å². The van der Waals surface area contributed by atoms with Crippen LogP contribution in [0.5, 0.6) is 5.75 Å². The van der Waals surface area contributed by atoms with Gasteiger partial charge >= 0.3 is 12.6 Å². The van der Waals surface area contributed by atoms with Crippen LogP contribution in [0.15, 0.2) is 24.3 Å². The van der Waals surface area contributed by atoms with Crippen molar-refractivity contribution < 1.29 is 23.4 Å². The molecule has 1 aliphatic carbocycles. The van der Waals surface area contributed by atoms with Crippen molar-refractivity contribution in [1.29, 1.82) is 0 Å². The first-order chi connectivity index (χ1) is 9.53. The smallest absolute Gasteiger partial charge is 0.387 e. The fourth-order valence-electron chi connectivity index (χ4n) is 1.76. The van der Waals surface area contributed by atoms with E-state index >= 15 is 0 Å². The Bertz CT molecular complexity index is 478. The van der Waals surface area contributed by atoms with Gasteiger partial charge in [-0.25, -0.2) is 4.79 Å². The zero-order valence-electron chi connectivity index (χ0n) is 10.7. The van der Waals surface area contributed by atoms with Crippen LogP contribution in [0.25, 0.3) is 0 Å². The number of amides is 2. The molecule has 1 aromatic carbocycles. The number of urea groups is 1. The van der Waals surface area contributed by atoms with E-state index in [1.807, 2.05) is 0 Å². The van der Waals surface area contributed by atoms with Gasteiger partial charge in [-0.3, -0.25) is 0 Å². The molecule has 1 fully saturated rings. The van der Waals surface area contributed by atoms with E-state index in [0.29, 0.717) is 12.2 Å². The molecule has 0 heterocycles. The maximum atomic E-state index is 12.1. The van der Waals surface area contributed by atoms with Crippen LogP contribution in [0.1, 0.15) is 12.8 Å². The SMILES string of the molecule is O=C(NCC1(CO)CC1)Nc1cccc(OC(F)F)c1. The van der Waals surface area contributed by atoms with Gasteiger partial charge in [0.2, 0.25) is 0 Å². The lowest BCUT2D eigenvalue weighted by Gasteiger charge is -2.13. The number of carbonyl (C=O) groups excluding carboxylic acids is 1. The molecule has 0 aliphatic heterocycles. The molecule has 5 nitrogen and oxygen atoms in total. The molecule has 0 radical (unpaired) electrons. The lowest BCUT2D eigenvalue weighted by molar-refractivity contribution is -0.0497. The summed E-state index contributed by atoms with van der Waals surface area (Å²) < 4.78 is 28.4. The predicted molar refractivity (Wildman–Crippen MR) is 68.8 cm³/mol. The molecule has 0 aromatic heterocycles. The lowest BCUT2D eigenvalue weighted by atomic mass is 10.1. The van der Waals surface area contributed by atoms with Crippen molar-refractivity contribution in [2.75, 3.05) is 18.5 Å². The first kappa shape index (κ1) is 14.5. The second-order valence-electron chi connectivity index (χ2n) is 4.87. The van der Waals surface area contributed by atoms with Gasteiger partial charge in [-0.2, -0.15) is 8.78 Å². The summed E-state index contributed by atoms with van der Waals surface area (Å²) in [6.45, 7) is -2.47. The first-order valence-corrected chi connectivity index (χ1v) is 6.24. The zero-order chi connectivity index (χ0) is 14.6. The van der Waals surface area contributed by atoms with E-state index in [9.17, 15) is 13.6 Å². The standard InChI is InChI=1S/C13H16F2N2O3/c14-11(15)20-10-3-1-2-9(6-10)17-12(19)16-7-13(8-18)4-5-13/h1-3,6,11,18H,4-5,7-8H2,(H2,16,17,19). The third-order valence-electron chi connectivity index (χ3n) is 3.23. The molecular formula is C13H16F2N2O3. The van der Waals surface area contributed by atoms with E-state index in [1.165, 1.54) is 18.2 Å². The highest BCUT2D eigenvalue weighted by Crippen LogP contribution is 2.44. The van der Waals surface area contributed by atoms with Crippen molar-refractivity contribution in [2.24, 2.45) is 5.41 Å². The lowest BCUT2D eigenvalue weighted by Crippen LogP contribution is -2.35. The highest BCUT2D eigenvalue weighted by Gasteiger charge is 2.42. The number of carbonyl (C=O) groups is 1. The van der Waals surface area contributed by atoms with E-state index in [0.717, 1.165) is 12.8 Å². The van der Waals surface area contributed by atoms with E-state index in [2.05, 4.69) is 15.4 Å². The van der Waals surface area contributed by atoms with Gasteiger partial charge in [0.25, 0.3) is 0 Å². The summed E-state index contributed by atoms with van der Waals surface area (Å²) in [7, 11) is 0. The Hall–Kier alpha value is -1.89. The quantitative estimate of drug-likeness (QED) is 0.750. The molecule has 1 aliphatic rings. The topological polar surface area (TPSA) is 70.6 Å². The van der Waals surface area contributed by atoms with Gasteiger partial charge in [-0.05, 0) is 25.0 Å². The number of halogens is 2. The zero-order valence-corrected chi connectivity index (χ0v) is 10.7. The number of hydrogen-bond donors (Lipinski definition) is 3. The molecule has 2 rings (SSSR count). The minimum atomic E-state index is -2.90. The predicted octanol–water partition coefficient (Wildman–Crippen LogP) is 2.18. The van der Waals surface area contributed by atoms with Gasteiger partial charge in [-0.1, -0.05) is 6.07 Å². The molecule has 0 bridgehead atoms. The molecule has 3 N–H and O–H groups in total. The van der Waals surface area contributed by atoms with Crippen LogP contribution in [-0.4, -0.2) is 30.9 Å². The van der Waals surface area contributed by atoms with E-state index < -0.39 is 12.6 Å².